The van der Waals surface area contributed by atoms with Crippen molar-refractivity contribution in [1.29, 1.82) is 0 Å². The van der Waals surface area contributed by atoms with Gasteiger partial charge >= 0.3 is 5.69 Å². The number of H-pyrrole nitrogens is 1. The lowest BCUT2D eigenvalue weighted by atomic mass is 10.3. The smallest absolute Gasteiger partial charge is 0.331 e. The number of nitrogens with one attached hydrogen (secondary N) is 1. The highest BCUT2D eigenvalue weighted by Crippen LogP contribution is 2.17. The monoisotopic (exact) mass is 241 g/mol. The van der Waals surface area contributed by atoms with Gasteiger partial charge in [0.1, 0.15) is 0 Å². The Morgan fingerprint density at radius 2 is 2.11 bits per heavy atom. The van der Waals surface area contributed by atoms with Gasteiger partial charge in [0.15, 0.2) is 0 Å². The summed E-state index contributed by atoms with van der Waals surface area (Å²) in [5.41, 5.74) is 2.18. The van der Waals surface area contributed by atoms with Crippen LogP contribution in [-0.2, 0) is 0 Å². The van der Waals surface area contributed by atoms with Crippen LogP contribution >= 0.6 is 0 Å². The molecule has 0 bridgehead atoms. The summed E-state index contributed by atoms with van der Waals surface area (Å²) in [5.74, 6) is 0.477. The van der Waals surface area contributed by atoms with E-state index in [4.69, 9.17) is 4.74 Å². The molecule has 0 spiro atoms. The number of rotatable bonds is 2. The maximum absolute atomic E-state index is 12.0. The van der Waals surface area contributed by atoms with Crippen LogP contribution in [0.3, 0.4) is 0 Å². The van der Waals surface area contributed by atoms with E-state index in [9.17, 15) is 4.79 Å². The number of aromatic nitrogens is 3. The molecule has 0 aliphatic rings. The standard InChI is InChI=1S/C13H11N3O2/c1-18-12-8-9(6-7-14-12)16-11-5-3-2-4-10(11)15-13(16)17/h2-8H,1H3,(H,15,17). The predicted octanol–water partition coefficient (Wildman–Crippen LogP) is 1.72. The van der Waals surface area contributed by atoms with E-state index in [1.165, 1.54) is 0 Å². The molecule has 0 saturated heterocycles. The van der Waals surface area contributed by atoms with Crippen LogP contribution in [0.2, 0.25) is 0 Å². The largest absolute Gasteiger partial charge is 0.481 e. The Morgan fingerprint density at radius 1 is 1.28 bits per heavy atom. The molecule has 2 heterocycles. The number of ether oxygens (including phenoxy) is 1. The van der Waals surface area contributed by atoms with Gasteiger partial charge in [-0.15, -0.1) is 0 Å². The zero-order valence-electron chi connectivity index (χ0n) is 9.75. The highest BCUT2D eigenvalue weighted by Gasteiger charge is 2.08. The van der Waals surface area contributed by atoms with Gasteiger partial charge in [0.05, 0.1) is 23.8 Å². The Morgan fingerprint density at radius 3 is 2.94 bits per heavy atom. The van der Waals surface area contributed by atoms with Crippen LogP contribution < -0.4 is 10.4 Å². The molecular weight excluding hydrogens is 230 g/mol. The summed E-state index contributed by atoms with van der Waals surface area (Å²) in [4.78, 5) is 18.8. The van der Waals surface area contributed by atoms with Gasteiger partial charge < -0.3 is 9.72 Å². The summed E-state index contributed by atoms with van der Waals surface area (Å²) in [6, 6.07) is 11.0. The number of aromatic amines is 1. The molecule has 0 radical (unpaired) electrons. The summed E-state index contributed by atoms with van der Waals surface area (Å²) in [5, 5.41) is 0. The Labute approximate surface area is 103 Å². The zero-order valence-corrected chi connectivity index (χ0v) is 9.75. The molecule has 0 saturated carbocycles. The SMILES string of the molecule is COc1cc(-n2c(=O)[nH]c3ccccc32)ccn1. The molecule has 1 N–H and O–H groups in total. The Bertz CT molecular complexity index is 758. The van der Waals surface area contributed by atoms with Crippen LogP contribution in [0, 0.1) is 0 Å². The number of methoxy groups -OCH3 is 1. The molecule has 5 nitrogen and oxygen atoms in total. The van der Waals surface area contributed by atoms with Gasteiger partial charge in [-0.1, -0.05) is 12.1 Å². The Kier molecular flexibility index (Phi) is 2.37. The third kappa shape index (κ3) is 1.57. The number of fused-ring (bicyclic) bond motifs is 1. The van der Waals surface area contributed by atoms with Crippen molar-refractivity contribution >= 4 is 11.0 Å². The van der Waals surface area contributed by atoms with Gasteiger partial charge in [0.25, 0.3) is 0 Å². The van der Waals surface area contributed by atoms with Crippen LogP contribution in [0.1, 0.15) is 0 Å². The molecule has 0 aliphatic carbocycles. The minimum atomic E-state index is -0.176. The summed E-state index contributed by atoms with van der Waals surface area (Å²) in [7, 11) is 1.55. The van der Waals surface area contributed by atoms with Crippen molar-refractivity contribution in [1.82, 2.24) is 14.5 Å². The molecule has 90 valence electrons. The topological polar surface area (TPSA) is 59.9 Å². The number of hydrogen-bond donors (Lipinski definition) is 1. The lowest BCUT2D eigenvalue weighted by molar-refractivity contribution is 0.397. The summed E-state index contributed by atoms with van der Waals surface area (Å²) < 4.78 is 6.66. The van der Waals surface area contributed by atoms with Crippen molar-refractivity contribution < 1.29 is 4.74 Å². The van der Waals surface area contributed by atoms with E-state index in [-0.39, 0.29) is 5.69 Å². The van der Waals surface area contributed by atoms with E-state index in [1.807, 2.05) is 24.3 Å². The molecule has 1 aromatic carbocycles. The fraction of sp³-hybridized carbons (Fsp3) is 0.0769. The first-order chi connectivity index (χ1) is 8.79. The summed E-state index contributed by atoms with van der Waals surface area (Å²) in [6.45, 7) is 0. The van der Waals surface area contributed by atoms with Crippen LogP contribution in [0.4, 0.5) is 0 Å². The molecule has 18 heavy (non-hydrogen) atoms. The number of hydrogen-bond acceptors (Lipinski definition) is 3. The number of imidazole rings is 1. The van der Waals surface area contributed by atoms with Crippen LogP contribution in [0.15, 0.2) is 47.4 Å². The van der Waals surface area contributed by atoms with Crippen molar-refractivity contribution in [3.8, 4) is 11.6 Å². The third-order valence-corrected chi connectivity index (χ3v) is 2.78. The van der Waals surface area contributed by atoms with Gasteiger partial charge in [-0.2, -0.15) is 0 Å². The quantitative estimate of drug-likeness (QED) is 0.743. The van der Waals surface area contributed by atoms with Crippen LogP contribution in [-0.4, -0.2) is 21.6 Å². The van der Waals surface area contributed by atoms with E-state index in [0.717, 1.165) is 16.7 Å². The molecule has 0 fully saturated rings. The maximum atomic E-state index is 12.0. The van der Waals surface area contributed by atoms with Crippen LogP contribution in [0.25, 0.3) is 16.7 Å². The number of nitrogens with zero attached hydrogens (tertiary/aromatic N) is 2. The maximum Gasteiger partial charge on any atom is 0.331 e. The van der Waals surface area contributed by atoms with E-state index in [0.29, 0.717) is 5.88 Å². The molecule has 5 heteroatoms. The molecule has 3 rings (SSSR count). The minimum absolute atomic E-state index is 0.176. The first kappa shape index (κ1) is 10.6. The summed E-state index contributed by atoms with van der Waals surface area (Å²) >= 11 is 0. The van der Waals surface area contributed by atoms with Crippen molar-refractivity contribution in [3.05, 3.63) is 53.1 Å². The average molecular weight is 241 g/mol. The number of para-hydroxylation sites is 2. The first-order valence-electron chi connectivity index (χ1n) is 5.50. The van der Waals surface area contributed by atoms with E-state index in [1.54, 1.807) is 30.0 Å². The third-order valence-electron chi connectivity index (χ3n) is 2.78. The predicted molar refractivity (Wildman–Crippen MR) is 68.2 cm³/mol. The molecule has 0 amide bonds. The van der Waals surface area contributed by atoms with Gasteiger partial charge in [-0.25, -0.2) is 9.78 Å². The van der Waals surface area contributed by atoms with Gasteiger partial charge in [0, 0.05) is 12.3 Å². The first-order valence-corrected chi connectivity index (χ1v) is 5.50. The Hall–Kier alpha value is -2.56. The van der Waals surface area contributed by atoms with Gasteiger partial charge in [-0.3, -0.25) is 4.57 Å². The molecular formula is C13H11N3O2. The van der Waals surface area contributed by atoms with E-state index < -0.39 is 0 Å². The van der Waals surface area contributed by atoms with Crippen LogP contribution in [0.5, 0.6) is 5.88 Å². The molecule has 3 aromatic rings. The van der Waals surface area contributed by atoms with E-state index >= 15 is 0 Å². The zero-order chi connectivity index (χ0) is 12.5. The minimum Gasteiger partial charge on any atom is -0.481 e. The molecule has 0 aliphatic heterocycles. The second-order valence-electron chi connectivity index (χ2n) is 3.84. The number of benzene rings is 1. The average Bonchev–Trinajstić information content (AvgIpc) is 2.74. The van der Waals surface area contributed by atoms with Crippen molar-refractivity contribution in [3.63, 3.8) is 0 Å². The lowest BCUT2D eigenvalue weighted by Crippen LogP contribution is -2.14. The van der Waals surface area contributed by atoms with Gasteiger partial charge in [-0.05, 0) is 18.2 Å². The molecule has 0 atom stereocenters. The lowest BCUT2D eigenvalue weighted by Gasteiger charge is -2.04. The van der Waals surface area contributed by atoms with E-state index in [2.05, 4.69) is 9.97 Å². The fourth-order valence-corrected chi connectivity index (χ4v) is 1.96. The number of pyridine rings is 1. The highest BCUT2D eigenvalue weighted by atomic mass is 16.5. The second-order valence-corrected chi connectivity index (χ2v) is 3.84. The summed E-state index contributed by atoms with van der Waals surface area (Å²) in [6.07, 6.45) is 1.61. The second kappa shape index (κ2) is 4.03. The van der Waals surface area contributed by atoms with Crippen molar-refractivity contribution in [2.45, 2.75) is 0 Å². The highest BCUT2D eigenvalue weighted by molar-refractivity contribution is 5.77. The fourth-order valence-electron chi connectivity index (χ4n) is 1.96. The van der Waals surface area contributed by atoms with Crippen molar-refractivity contribution in [2.75, 3.05) is 7.11 Å². The molecule has 0 unspecified atom stereocenters. The molecule has 2 aromatic heterocycles. The van der Waals surface area contributed by atoms with Gasteiger partial charge in [0.2, 0.25) is 5.88 Å². The normalized spacial score (nSPS) is 10.7. The van der Waals surface area contributed by atoms with Crippen molar-refractivity contribution in [2.24, 2.45) is 0 Å². The Balaban J connectivity index is 2.30.